The Morgan fingerprint density at radius 3 is 2.65 bits per heavy atom. The largest absolute Gasteiger partial charge is 0.497 e. The molecule has 0 saturated carbocycles. The van der Waals surface area contributed by atoms with Gasteiger partial charge < -0.3 is 9.47 Å². The van der Waals surface area contributed by atoms with Gasteiger partial charge in [0.25, 0.3) is 0 Å². The average molecular weight is 248 g/mol. The Hall–Kier alpha value is -1.88. The molecule has 0 fully saturated rings. The van der Waals surface area contributed by atoms with Crippen molar-refractivity contribution in [2.75, 3.05) is 14.2 Å². The van der Waals surface area contributed by atoms with Crippen LogP contribution in [0, 0.1) is 4.64 Å². The molecule has 0 saturated heterocycles. The van der Waals surface area contributed by atoms with Gasteiger partial charge in [0.1, 0.15) is 16.1 Å². The van der Waals surface area contributed by atoms with Crippen LogP contribution in [0.1, 0.15) is 0 Å². The van der Waals surface area contributed by atoms with Crippen LogP contribution in [0.3, 0.4) is 0 Å². The zero-order valence-electron chi connectivity index (χ0n) is 9.56. The Morgan fingerprint density at radius 1 is 1.18 bits per heavy atom. The minimum absolute atomic E-state index is 0.584. The first-order valence-electron chi connectivity index (χ1n) is 5.01. The molecular formula is C12H12N2O2S. The second-order valence-corrected chi connectivity index (χ2v) is 3.84. The van der Waals surface area contributed by atoms with E-state index < -0.39 is 0 Å². The van der Waals surface area contributed by atoms with Crippen LogP contribution in [0.25, 0.3) is 11.1 Å². The van der Waals surface area contributed by atoms with Crippen molar-refractivity contribution in [3.05, 3.63) is 35.1 Å². The highest BCUT2D eigenvalue weighted by atomic mass is 32.1. The van der Waals surface area contributed by atoms with E-state index in [1.54, 1.807) is 20.4 Å². The standard InChI is InChI=1S/C12H12N2O2S/c1-15-9-3-4-10(11(6-9)16-2)8-5-12(17)14-13-7-8/h3-7H,1-2H3,(H,14,17). The molecule has 0 aliphatic heterocycles. The molecule has 17 heavy (non-hydrogen) atoms. The molecule has 0 aliphatic rings. The summed E-state index contributed by atoms with van der Waals surface area (Å²) in [6, 6.07) is 7.46. The van der Waals surface area contributed by atoms with Gasteiger partial charge in [0.05, 0.1) is 20.4 Å². The molecule has 5 heteroatoms. The van der Waals surface area contributed by atoms with Crippen LogP contribution in [0.4, 0.5) is 0 Å². The molecule has 4 nitrogen and oxygen atoms in total. The molecule has 0 bridgehead atoms. The van der Waals surface area contributed by atoms with Crippen molar-refractivity contribution in [1.29, 1.82) is 0 Å². The molecule has 0 atom stereocenters. The van der Waals surface area contributed by atoms with Gasteiger partial charge in [-0.15, -0.1) is 0 Å². The topological polar surface area (TPSA) is 47.1 Å². The van der Waals surface area contributed by atoms with Gasteiger partial charge in [-0.1, -0.05) is 12.2 Å². The molecule has 0 aliphatic carbocycles. The maximum atomic E-state index is 5.33. The minimum atomic E-state index is 0.584. The molecular weight excluding hydrogens is 236 g/mol. The lowest BCUT2D eigenvalue weighted by Gasteiger charge is -2.09. The van der Waals surface area contributed by atoms with Crippen molar-refractivity contribution in [3.63, 3.8) is 0 Å². The highest BCUT2D eigenvalue weighted by Crippen LogP contribution is 2.32. The normalized spacial score (nSPS) is 10.0. The summed E-state index contributed by atoms with van der Waals surface area (Å²) in [6.07, 6.45) is 1.71. The fourth-order valence-electron chi connectivity index (χ4n) is 1.56. The molecule has 2 aromatic rings. The van der Waals surface area contributed by atoms with Crippen LogP contribution >= 0.6 is 12.2 Å². The molecule has 1 aromatic carbocycles. The zero-order valence-corrected chi connectivity index (χ0v) is 10.4. The molecule has 0 radical (unpaired) electrons. The Bertz CT molecular complexity index is 581. The highest BCUT2D eigenvalue weighted by molar-refractivity contribution is 7.71. The Labute approximate surface area is 104 Å². The van der Waals surface area contributed by atoms with E-state index in [1.165, 1.54) is 0 Å². The quantitative estimate of drug-likeness (QED) is 0.848. The van der Waals surface area contributed by atoms with E-state index in [4.69, 9.17) is 21.7 Å². The maximum Gasteiger partial charge on any atom is 0.130 e. The predicted octanol–water partition coefficient (Wildman–Crippen LogP) is 2.82. The number of nitrogens with zero attached hydrogens (tertiary/aromatic N) is 1. The monoisotopic (exact) mass is 248 g/mol. The van der Waals surface area contributed by atoms with Crippen molar-refractivity contribution in [1.82, 2.24) is 10.2 Å². The summed E-state index contributed by atoms with van der Waals surface area (Å²) >= 11 is 5.04. The van der Waals surface area contributed by atoms with E-state index in [0.717, 1.165) is 22.6 Å². The Kier molecular flexibility index (Phi) is 3.39. The SMILES string of the molecule is COc1ccc(-c2cn[nH]c(=S)c2)c(OC)c1. The lowest BCUT2D eigenvalue weighted by Crippen LogP contribution is -1.91. The summed E-state index contributed by atoms with van der Waals surface area (Å²) < 4.78 is 11.1. The highest BCUT2D eigenvalue weighted by Gasteiger charge is 2.07. The Morgan fingerprint density at radius 2 is 2.00 bits per heavy atom. The van der Waals surface area contributed by atoms with Gasteiger partial charge in [0, 0.05) is 17.2 Å². The number of hydrogen-bond donors (Lipinski definition) is 1. The van der Waals surface area contributed by atoms with E-state index in [9.17, 15) is 0 Å². The zero-order chi connectivity index (χ0) is 12.3. The van der Waals surface area contributed by atoms with Crippen LogP contribution in [0.15, 0.2) is 30.5 Å². The predicted molar refractivity (Wildman–Crippen MR) is 68.0 cm³/mol. The van der Waals surface area contributed by atoms with Gasteiger partial charge in [-0.3, -0.25) is 5.10 Å². The smallest absolute Gasteiger partial charge is 0.130 e. The third kappa shape index (κ3) is 2.45. The van der Waals surface area contributed by atoms with Crippen LogP contribution < -0.4 is 9.47 Å². The van der Waals surface area contributed by atoms with Crippen molar-refractivity contribution >= 4 is 12.2 Å². The van der Waals surface area contributed by atoms with Crippen LogP contribution in [0.5, 0.6) is 11.5 Å². The number of rotatable bonds is 3. The third-order valence-electron chi connectivity index (χ3n) is 2.38. The van der Waals surface area contributed by atoms with Gasteiger partial charge in [0.2, 0.25) is 0 Å². The lowest BCUT2D eigenvalue weighted by atomic mass is 10.1. The second kappa shape index (κ2) is 4.97. The van der Waals surface area contributed by atoms with Gasteiger partial charge >= 0.3 is 0 Å². The number of nitrogens with one attached hydrogen (secondary N) is 1. The average Bonchev–Trinajstić information content (AvgIpc) is 2.38. The van der Waals surface area contributed by atoms with Crippen molar-refractivity contribution in [2.45, 2.75) is 0 Å². The Balaban J connectivity index is 2.55. The van der Waals surface area contributed by atoms with E-state index in [1.807, 2.05) is 24.3 Å². The molecule has 1 aromatic heterocycles. The second-order valence-electron chi connectivity index (χ2n) is 3.40. The number of aromatic nitrogens is 2. The number of methoxy groups -OCH3 is 2. The summed E-state index contributed by atoms with van der Waals surface area (Å²) in [5.41, 5.74) is 1.84. The first kappa shape index (κ1) is 11.6. The first-order valence-corrected chi connectivity index (χ1v) is 5.42. The third-order valence-corrected chi connectivity index (χ3v) is 2.59. The maximum absolute atomic E-state index is 5.33. The number of ether oxygens (including phenoxy) is 2. The summed E-state index contributed by atoms with van der Waals surface area (Å²) in [4.78, 5) is 0. The number of hydrogen-bond acceptors (Lipinski definition) is 4. The molecule has 2 rings (SSSR count). The number of aromatic amines is 1. The molecule has 0 unspecified atom stereocenters. The minimum Gasteiger partial charge on any atom is -0.497 e. The molecule has 0 spiro atoms. The van der Waals surface area contributed by atoms with Gasteiger partial charge in [0.15, 0.2) is 0 Å². The molecule has 1 N–H and O–H groups in total. The summed E-state index contributed by atoms with van der Waals surface area (Å²) in [7, 11) is 3.24. The van der Waals surface area contributed by atoms with Crippen LogP contribution in [-0.2, 0) is 0 Å². The van der Waals surface area contributed by atoms with Crippen LogP contribution in [-0.4, -0.2) is 24.4 Å². The summed E-state index contributed by atoms with van der Waals surface area (Å²) in [5, 5.41) is 6.66. The molecule has 0 amide bonds. The van der Waals surface area contributed by atoms with Crippen molar-refractivity contribution < 1.29 is 9.47 Å². The van der Waals surface area contributed by atoms with E-state index in [0.29, 0.717) is 4.64 Å². The van der Waals surface area contributed by atoms with Gasteiger partial charge in [-0.05, 0) is 18.2 Å². The summed E-state index contributed by atoms with van der Waals surface area (Å²) in [5.74, 6) is 1.48. The van der Waals surface area contributed by atoms with Crippen molar-refractivity contribution in [3.8, 4) is 22.6 Å². The molecule has 1 heterocycles. The summed E-state index contributed by atoms with van der Waals surface area (Å²) in [6.45, 7) is 0. The fourth-order valence-corrected chi connectivity index (χ4v) is 1.74. The number of benzene rings is 1. The van der Waals surface area contributed by atoms with E-state index >= 15 is 0 Å². The van der Waals surface area contributed by atoms with Crippen LogP contribution in [0.2, 0.25) is 0 Å². The fraction of sp³-hybridized carbons (Fsp3) is 0.167. The van der Waals surface area contributed by atoms with Crippen molar-refractivity contribution in [2.24, 2.45) is 0 Å². The van der Waals surface area contributed by atoms with E-state index in [2.05, 4.69) is 10.2 Å². The van der Waals surface area contributed by atoms with Gasteiger partial charge in [-0.25, -0.2) is 0 Å². The van der Waals surface area contributed by atoms with E-state index in [-0.39, 0.29) is 0 Å². The molecule has 88 valence electrons. The van der Waals surface area contributed by atoms with Gasteiger partial charge in [-0.2, -0.15) is 5.10 Å². The first-order chi connectivity index (χ1) is 8.24. The lowest BCUT2D eigenvalue weighted by molar-refractivity contribution is 0.395. The number of H-pyrrole nitrogens is 1.